The molecule has 0 aliphatic carbocycles. The van der Waals surface area contributed by atoms with Gasteiger partial charge in [0.15, 0.2) is 0 Å². The van der Waals surface area contributed by atoms with E-state index < -0.39 is 18.2 Å². The van der Waals surface area contributed by atoms with E-state index in [1.807, 2.05) is 0 Å². The summed E-state index contributed by atoms with van der Waals surface area (Å²) < 4.78 is 5.52. The molecule has 0 spiro atoms. The molecule has 0 bridgehead atoms. The Labute approximate surface area is 197 Å². The highest BCUT2D eigenvalue weighted by molar-refractivity contribution is 9.09. The summed E-state index contributed by atoms with van der Waals surface area (Å²) in [5.74, 6) is 0.305. The number of aliphatic hydroxyl groups is 4. The number of ether oxygens (including phenoxy) is 1. The van der Waals surface area contributed by atoms with E-state index in [0.29, 0.717) is 38.2 Å². The van der Waals surface area contributed by atoms with E-state index in [4.69, 9.17) is 14.9 Å². The number of nitrogens with one attached hydrogen (secondary N) is 4. The van der Waals surface area contributed by atoms with Crippen molar-refractivity contribution in [3.05, 3.63) is 0 Å². The lowest BCUT2D eigenvalue weighted by molar-refractivity contribution is -0.123. The molecular weight excluding hydrogens is 464 g/mol. The summed E-state index contributed by atoms with van der Waals surface area (Å²) in [6.45, 7) is 5.14. The van der Waals surface area contributed by atoms with Crippen LogP contribution in [0.5, 0.6) is 0 Å². The first-order valence-corrected chi connectivity index (χ1v) is 14.1. The van der Waals surface area contributed by atoms with Crippen LogP contribution in [0.25, 0.3) is 0 Å². The minimum Gasteiger partial charge on any atom is -0.396 e. The van der Waals surface area contributed by atoms with Gasteiger partial charge < -0.3 is 41.1 Å². The Morgan fingerprint density at radius 3 is 2.13 bits per heavy atom. The molecule has 0 aliphatic rings. The van der Waals surface area contributed by atoms with E-state index in [1.165, 1.54) is 31.4 Å². The highest BCUT2D eigenvalue weighted by Crippen LogP contribution is 2.38. The van der Waals surface area contributed by atoms with Gasteiger partial charge in [0.05, 0.1) is 18.2 Å². The van der Waals surface area contributed by atoms with Crippen LogP contribution in [0, 0.1) is 0 Å². The summed E-state index contributed by atoms with van der Waals surface area (Å²) >= 11 is 0. The average Bonchev–Trinajstić information content (AvgIpc) is 2.73. The Balaban J connectivity index is 4.67. The number of carbonyl (C=O) groups is 1. The van der Waals surface area contributed by atoms with Gasteiger partial charge in [-0.05, 0) is 49.6 Å². The summed E-state index contributed by atoms with van der Waals surface area (Å²) in [6.07, 6.45) is -0.311. The molecule has 0 aliphatic heterocycles. The Hall–Kier alpha value is 0.200. The molecule has 0 aromatic heterocycles. The number of carbonyl (C=O) groups excluding carboxylic acids is 1. The van der Waals surface area contributed by atoms with Crippen LogP contribution in [0.3, 0.4) is 0 Å². The van der Waals surface area contributed by atoms with Gasteiger partial charge in [0.25, 0.3) is 0 Å². The summed E-state index contributed by atoms with van der Waals surface area (Å²) in [5.41, 5.74) is 0. The highest BCUT2D eigenvalue weighted by atomic mass is 33.5. The maximum Gasteiger partial charge on any atom is 0.238 e. The summed E-state index contributed by atoms with van der Waals surface area (Å²) in [7, 11) is 6.15. The first-order valence-electron chi connectivity index (χ1n) is 10.4. The van der Waals surface area contributed by atoms with Crippen LogP contribution in [0.15, 0.2) is 0 Å². The van der Waals surface area contributed by atoms with E-state index in [9.17, 15) is 15.0 Å². The molecule has 0 rings (SSSR count). The molecule has 5 atom stereocenters. The second kappa shape index (κ2) is 20.8. The molecule has 10 nitrogen and oxygen atoms in total. The van der Waals surface area contributed by atoms with Crippen LogP contribution in [0.1, 0.15) is 26.7 Å². The normalized spacial score (nSPS) is 16.5. The van der Waals surface area contributed by atoms with Crippen molar-refractivity contribution in [2.45, 2.75) is 56.5 Å². The number of amides is 1. The minimum atomic E-state index is -0.620. The molecule has 0 saturated carbocycles. The monoisotopic (exact) mass is 504 g/mol. The van der Waals surface area contributed by atoms with Crippen molar-refractivity contribution in [2.24, 2.45) is 0 Å². The van der Waals surface area contributed by atoms with Crippen molar-refractivity contribution >= 4 is 37.3 Å². The predicted molar refractivity (Wildman–Crippen MR) is 130 cm³/mol. The topological polar surface area (TPSA) is 155 Å². The molecule has 8 N–H and O–H groups in total. The Morgan fingerprint density at radius 1 is 0.968 bits per heavy atom. The van der Waals surface area contributed by atoms with Crippen molar-refractivity contribution in [2.75, 3.05) is 52.3 Å². The van der Waals surface area contributed by atoms with E-state index in [2.05, 4.69) is 21.3 Å². The lowest BCUT2D eigenvalue weighted by Crippen LogP contribution is -2.49. The fourth-order valence-electron chi connectivity index (χ4n) is 2.24. The molecule has 186 valence electrons. The summed E-state index contributed by atoms with van der Waals surface area (Å²) in [6, 6.07) is -0.448. The van der Waals surface area contributed by atoms with Crippen LogP contribution in [-0.2, 0) is 9.53 Å². The second-order valence-corrected chi connectivity index (χ2v) is 11.3. The van der Waals surface area contributed by atoms with Crippen LogP contribution in [0.2, 0.25) is 0 Å². The quantitative estimate of drug-likeness (QED) is 0.0554. The lowest BCUT2D eigenvalue weighted by Gasteiger charge is -2.27. The average molecular weight is 505 g/mol. The zero-order valence-corrected chi connectivity index (χ0v) is 21.0. The maximum absolute atomic E-state index is 12.4. The van der Waals surface area contributed by atoms with Crippen molar-refractivity contribution in [1.82, 2.24) is 21.3 Å². The van der Waals surface area contributed by atoms with Crippen molar-refractivity contribution in [3.8, 4) is 0 Å². The van der Waals surface area contributed by atoms with Crippen LogP contribution < -0.4 is 21.3 Å². The molecule has 0 radical (unpaired) electrons. The van der Waals surface area contributed by atoms with E-state index in [-0.39, 0.29) is 37.3 Å². The fraction of sp³-hybridized carbons (Fsp3) is 0.944. The van der Waals surface area contributed by atoms with Crippen LogP contribution in [0.4, 0.5) is 0 Å². The van der Waals surface area contributed by atoms with Crippen LogP contribution in [-0.4, -0.2) is 108 Å². The van der Waals surface area contributed by atoms with Crippen molar-refractivity contribution < 1.29 is 30.0 Å². The molecule has 0 aromatic rings. The van der Waals surface area contributed by atoms with Gasteiger partial charge in [0, 0.05) is 39.2 Å². The van der Waals surface area contributed by atoms with Crippen molar-refractivity contribution in [3.63, 3.8) is 0 Å². The SMILES string of the molecule is COC(NC[C@H](C)O)[C@@H](NCCCO)SSSC[C@H](NCCCO)C(=O)NC[C@H](C)O. The summed E-state index contributed by atoms with van der Waals surface area (Å²) in [5, 5.41) is 49.1. The zero-order valence-electron chi connectivity index (χ0n) is 18.6. The smallest absolute Gasteiger partial charge is 0.238 e. The second-order valence-electron chi connectivity index (χ2n) is 6.99. The molecule has 31 heavy (non-hydrogen) atoms. The van der Waals surface area contributed by atoms with Gasteiger partial charge in [-0.15, -0.1) is 0 Å². The first kappa shape index (κ1) is 31.2. The van der Waals surface area contributed by atoms with Crippen molar-refractivity contribution in [1.29, 1.82) is 0 Å². The Morgan fingerprint density at radius 2 is 1.58 bits per heavy atom. The number of hydrogen-bond donors (Lipinski definition) is 8. The maximum atomic E-state index is 12.4. The van der Waals surface area contributed by atoms with Crippen LogP contribution >= 0.6 is 31.4 Å². The summed E-state index contributed by atoms with van der Waals surface area (Å²) in [4.78, 5) is 12.4. The van der Waals surface area contributed by atoms with Gasteiger partial charge in [0.1, 0.15) is 11.6 Å². The number of hydrogen-bond acceptors (Lipinski definition) is 12. The van der Waals surface area contributed by atoms with Gasteiger partial charge >= 0.3 is 0 Å². The van der Waals surface area contributed by atoms with Gasteiger partial charge in [0.2, 0.25) is 5.91 Å². The third-order valence-corrected chi connectivity index (χ3v) is 8.26. The van der Waals surface area contributed by atoms with Gasteiger partial charge in [-0.25, -0.2) is 0 Å². The molecule has 0 heterocycles. The third-order valence-electron chi connectivity index (χ3n) is 3.86. The molecular formula is C18H40N4O6S3. The van der Waals surface area contributed by atoms with Gasteiger partial charge in [-0.1, -0.05) is 21.6 Å². The predicted octanol–water partition coefficient (Wildman–Crippen LogP) is -0.905. The number of rotatable bonds is 21. The molecule has 0 fully saturated rings. The molecule has 0 aromatic carbocycles. The first-order chi connectivity index (χ1) is 14.8. The fourth-order valence-corrected chi connectivity index (χ4v) is 6.60. The molecule has 0 saturated heterocycles. The standard InChI is InChI=1S/C18H40N4O6S3/c1-13(25)10-21-16(27)15(19-6-4-8-23)12-29-31-30-18(20-7-5-9-24)17(28-3)22-11-14(2)26/h13-15,17-20,22-26H,4-12H2,1-3H3,(H,21,27)/t13-,14-,15-,17?,18-/m0/s1. The molecule has 1 amide bonds. The van der Waals surface area contributed by atoms with Gasteiger partial charge in [-0.3, -0.25) is 10.1 Å². The third kappa shape index (κ3) is 17.4. The zero-order chi connectivity index (χ0) is 23.5. The highest BCUT2D eigenvalue weighted by Gasteiger charge is 2.23. The Kier molecular flexibility index (Phi) is 20.9. The van der Waals surface area contributed by atoms with E-state index >= 15 is 0 Å². The lowest BCUT2D eigenvalue weighted by atomic mass is 10.3. The van der Waals surface area contributed by atoms with E-state index in [1.54, 1.807) is 21.0 Å². The van der Waals surface area contributed by atoms with E-state index in [0.717, 1.165) is 0 Å². The Bertz CT molecular complexity index is 441. The molecule has 1 unspecified atom stereocenters. The van der Waals surface area contributed by atoms with Gasteiger partial charge in [-0.2, -0.15) is 0 Å². The number of aliphatic hydroxyl groups excluding tert-OH is 4. The number of methoxy groups -OCH3 is 1. The molecule has 13 heteroatoms. The minimum absolute atomic E-state index is 0.0474. The largest absolute Gasteiger partial charge is 0.396 e.